The molecule has 2 aliphatic rings. The summed E-state index contributed by atoms with van der Waals surface area (Å²) in [6.45, 7) is 7.10. The molecule has 4 rings (SSSR count). The summed E-state index contributed by atoms with van der Waals surface area (Å²) in [4.78, 5) is 27.0. The normalized spacial score (nSPS) is 23.8. The highest BCUT2D eigenvalue weighted by atomic mass is 16.5. The maximum atomic E-state index is 13.3. The van der Waals surface area contributed by atoms with Crippen molar-refractivity contribution in [2.24, 2.45) is 5.92 Å². The van der Waals surface area contributed by atoms with Gasteiger partial charge in [-0.25, -0.2) is 0 Å². The van der Waals surface area contributed by atoms with E-state index in [1.807, 2.05) is 63.2 Å². The van der Waals surface area contributed by atoms with Gasteiger partial charge < -0.3 is 24.2 Å². The Bertz CT molecular complexity index is 1020. The fraction of sp³-hybridized carbons (Fsp3) is 0.440. The van der Waals surface area contributed by atoms with Crippen LogP contribution in [0.1, 0.15) is 44.2 Å². The lowest BCUT2D eigenvalue weighted by Gasteiger charge is -2.52. The van der Waals surface area contributed by atoms with Crippen molar-refractivity contribution in [3.05, 3.63) is 53.6 Å². The summed E-state index contributed by atoms with van der Waals surface area (Å²) in [5.41, 5.74) is 0.868. The Morgan fingerprint density at radius 1 is 1.16 bits per heavy atom. The number of likely N-dealkylation sites (tertiary alicyclic amines) is 1. The first-order valence-corrected chi connectivity index (χ1v) is 11.1. The SMILES string of the molecule is CCOc1ccc(CCN2C(=O)[C@@H](C(=O)O)[C@H]3C[C@]2(C)Oc2ccccc23)cc1OCC. The minimum absolute atomic E-state index is 0.341. The predicted octanol–water partition coefficient (Wildman–Crippen LogP) is 3.85. The van der Waals surface area contributed by atoms with Crippen LogP contribution >= 0.6 is 0 Å². The number of amides is 1. The van der Waals surface area contributed by atoms with Crippen LogP contribution in [0.3, 0.4) is 0 Å². The van der Waals surface area contributed by atoms with E-state index >= 15 is 0 Å². The van der Waals surface area contributed by atoms with E-state index in [-0.39, 0.29) is 0 Å². The van der Waals surface area contributed by atoms with Crippen molar-refractivity contribution < 1.29 is 28.9 Å². The fourth-order valence-electron chi connectivity index (χ4n) is 4.83. The van der Waals surface area contributed by atoms with E-state index < -0.39 is 29.4 Å². The molecule has 2 aromatic carbocycles. The number of rotatable bonds is 8. The van der Waals surface area contributed by atoms with Gasteiger partial charge in [0, 0.05) is 18.9 Å². The van der Waals surface area contributed by atoms with Crippen molar-refractivity contribution in [3.8, 4) is 17.2 Å². The largest absolute Gasteiger partial charge is 0.490 e. The number of carbonyl (C=O) groups is 2. The number of benzene rings is 2. The summed E-state index contributed by atoms with van der Waals surface area (Å²) in [5.74, 6) is -1.02. The zero-order valence-electron chi connectivity index (χ0n) is 18.7. The molecule has 2 aromatic rings. The van der Waals surface area contributed by atoms with Crippen LogP contribution in [0, 0.1) is 5.92 Å². The Kier molecular flexibility index (Phi) is 6.00. The molecule has 0 saturated carbocycles. The molecule has 0 radical (unpaired) electrons. The second kappa shape index (κ2) is 8.73. The van der Waals surface area contributed by atoms with E-state index in [1.54, 1.807) is 4.90 Å². The summed E-state index contributed by atoms with van der Waals surface area (Å²) in [6, 6.07) is 13.1. The summed E-state index contributed by atoms with van der Waals surface area (Å²) in [6.07, 6.45) is 0.982. The molecule has 3 atom stereocenters. The minimum atomic E-state index is -1.12. The first kappa shape index (κ1) is 22.0. The van der Waals surface area contributed by atoms with Crippen LogP contribution in [0.15, 0.2) is 42.5 Å². The molecule has 170 valence electrons. The van der Waals surface area contributed by atoms with Crippen molar-refractivity contribution in [1.29, 1.82) is 0 Å². The van der Waals surface area contributed by atoms with Crippen LogP contribution in [0.4, 0.5) is 0 Å². The third-order valence-corrected chi connectivity index (χ3v) is 6.25. The maximum Gasteiger partial charge on any atom is 0.316 e. The maximum absolute atomic E-state index is 13.3. The average Bonchev–Trinajstić information content (AvgIpc) is 2.75. The number of para-hydroxylation sites is 1. The molecule has 1 N–H and O–H groups in total. The van der Waals surface area contributed by atoms with Gasteiger partial charge in [-0.05, 0) is 56.5 Å². The number of carboxylic acids is 1. The number of nitrogens with zero attached hydrogens (tertiary/aromatic N) is 1. The molecule has 2 heterocycles. The molecule has 2 bridgehead atoms. The summed E-state index contributed by atoms with van der Waals surface area (Å²) >= 11 is 0. The number of hydrogen-bond donors (Lipinski definition) is 1. The number of ether oxygens (including phenoxy) is 3. The van der Waals surface area contributed by atoms with Gasteiger partial charge in [0.25, 0.3) is 0 Å². The number of fused-ring (bicyclic) bond motifs is 4. The van der Waals surface area contributed by atoms with Gasteiger partial charge in [0.2, 0.25) is 5.91 Å². The molecule has 2 aliphatic heterocycles. The van der Waals surface area contributed by atoms with E-state index in [1.165, 1.54) is 0 Å². The van der Waals surface area contributed by atoms with Crippen molar-refractivity contribution in [2.45, 2.75) is 45.3 Å². The number of carboxylic acid groups (broad SMARTS) is 1. The lowest BCUT2D eigenvalue weighted by atomic mass is 9.73. The van der Waals surface area contributed by atoms with Crippen LogP contribution in [0.2, 0.25) is 0 Å². The zero-order chi connectivity index (χ0) is 22.9. The smallest absolute Gasteiger partial charge is 0.316 e. The van der Waals surface area contributed by atoms with Crippen molar-refractivity contribution in [3.63, 3.8) is 0 Å². The predicted molar refractivity (Wildman–Crippen MR) is 118 cm³/mol. The van der Waals surface area contributed by atoms with Gasteiger partial charge >= 0.3 is 5.97 Å². The van der Waals surface area contributed by atoms with Crippen LogP contribution in [-0.2, 0) is 16.0 Å². The van der Waals surface area contributed by atoms with Crippen molar-refractivity contribution >= 4 is 11.9 Å². The second-order valence-electron chi connectivity index (χ2n) is 8.33. The molecule has 0 spiro atoms. The first-order chi connectivity index (χ1) is 15.4. The number of piperidine rings is 1. The number of hydrogen-bond acceptors (Lipinski definition) is 5. The van der Waals surface area contributed by atoms with Gasteiger partial charge in [0.05, 0.1) is 13.2 Å². The third-order valence-electron chi connectivity index (χ3n) is 6.25. The Balaban J connectivity index is 1.61. The summed E-state index contributed by atoms with van der Waals surface area (Å²) in [5, 5.41) is 9.89. The van der Waals surface area contributed by atoms with E-state index in [9.17, 15) is 14.7 Å². The van der Waals surface area contributed by atoms with Gasteiger partial charge in [-0.15, -0.1) is 0 Å². The molecule has 1 saturated heterocycles. The molecular weight excluding hydrogens is 410 g/mol. The lowest BCUT2D eigenvalue weighted by Crippen LogP contribution is -2.64. The van der Waals surface area contributed by atoms with Crippen LogP contribution in [0.5, 0.6) is 17.2 Å². The Hall–Kier alpha value is -3.22. The Morgan fingerprint density at radius 2 is 1.88 bits per heavy atom. The van der Waals surface area contributed by atoms with E-state index in [4.69, 9.17) is 14.2 Å². The van der Waals surface area contributed by atoms with Crippen molar-refractivity contribution in [2.75, 3.05) is 19.8 Å². The standard InChI is InChI=1S/C25H29NO6/c1-4-30-20-11-10-16(14-21(20)31-5-2)12-13-26-23(27)22(24(28)29)18-15-25(26,3)32-19-9-7-6-8-17(18)19/h6-11,14,18,22H,4-5,12-13,15H2,1-3H3,(H,28,29)/t18-,22-,25-/m0/s1. The van der Waals surface area contributed by atoms with Crippen LogP contribution < -0.4 is 14.2 Å². The summed E-state index contributed by atoms with van der Waals surface area (Å²) < 4.78 is 17.6. The lowest BCUT2D eigenvalue weighted by molar-refractivity contribution is -0.180. The van der Waals surface area contributed by atoms with Gasteiger partial charge in [0.1, 0.15) is 11.7 Å². The second-order valence-corrected chi connectivity index (χ2v) is 8.33. The first-order valence-electron chi connectivity index (χ1n) is 11.1. The molecule has 7 heteroatoms. The number of carbonyl (C=O) groups excluding carboxylic acids is 1. The Morgan fingerprint density at radius 3 is 2.59 bits per heavy atom. The van der Waals surface area contributed by atoms with Gasteiger partial charge in [-0.2, -0.15) is 0 Å². The molecular formula is C25H29NO6. The average molecular weight is 440 g/mol. The molecule has 0 aliphatic carbocycles. The van der Waals surface area contributed by atoms with Crippen molar-refractivity contribution in [1.82, 2.24) is 4.90 Å². The third kappa shape index (κ3) is 3.87. The molecule has 32 heavy (non-hydrogen) atoms. The van der Waals surface area contributed by atoms with Gasteiger partial charge in [-0.1, -0.05) is 24.3 Å². The molecule has 7 nitrogen and oxygen atoms in total. The molecule has 0 aromatic heterocycles. The monoisotopic (exact) mass is 439 g/mol. The van der Waals surface area contributed by atoms with Gasteiger partial charge in [-0.3, -0.25) is 9.59 Å². The minimum Gasteiger partial charge on any atom is -0.490 e. The highest BCUT2D eigenvalue weighted by Crippen LogP contribution is 2.50. The zero-order valence-corrected chi connectivity index (χ0v) is 18.7. The van der Waals surface area contributed by atoms with E-state index in [2.05, 4.69) is 0 Å². The van der Waals surface area contributed by atoms with Crippen LogP contribution in [-0.4, -0.2) is 47.4 Å². The molecule has 0 unspecified atom stereocenters. The highest BCUT2D eigenvalue weighted by molar-refractivity contribution is 5.99. The van der Waals surface area contributed by atoms with E-state index in [0.29, 0.717) is 49.8 Å². The van der Waals surface area contributed by atoms with E-state index in [0.717, 1.165) is 11.1 Å². The Labute approximate surface area is 187 Å². The summed E-state index contributed by atoms with van der Waals surface area (Å²) in [7, 11) is 0. The molecule has 1 amide bonds. The quantitative estimate of drug-likeness (QED) is 0.629. The number of aliphatic carboxylic acids is 1. The fourth-order valence-corrected chi connectivity index (χ4v) is 4.83. The van der Waals surface area contributed by atoms with Crippen LogP contribution in [0.25, 0.3) is 0 Å². The topological polar surface area (TPSA) is 85.3 Å². The highest BCUT2D eigenvalue weighted by Gasteiger charge is 2.56. The molecule has 1 fully saturated rings. The van der Waals surface area contributed by atoms with Gasteiger partial charge in [0.15, 0.2) is 17.2 Å².